The van der Waals surface area contributed by atoms with Crippen LogP contribution in [0.15, 0.2) is 18.7 Å². The zero-order valence-corrected chi connectivity index (χ0v) is 8.85. The smallest absolute Gasteiger partial charge is 0.146 e. The van der Waals surface area contributed by atoms with Gasteiger partial charge in [0.15, 0.2) is 0 Å². The number of piperidine rings is 1. The summed E-state index contributed by atoms with van der Waals surface area (Å²) in [6.45, 7) is 2.57. The molecule has 1 aromatic rings. The van der Waals surface area contributed by atoms with Crippen molar-refractivity contribution in [3.8, 4) is 0 Å². The lowest BCUT2D eigenvalue weighted by Crippen LogP contribution is -2.36. The topological polar surface area (TPSA) is 46.9 Å². The van der Waals surface area contributed by atoms with Gasteiger partial charge < -0.3 is 9.88 Å². The highest BCUT2D eigenvalue weighted by atomic mass is 16.1. The summed E-state index contributed by atoms with van der Waals surface area (Å²) in [5.41, 5.74) is 0. The summed E-state index contributed by atoms with van der Waals surface area (Å²) >= 11 is 0. The van der Waals surface area contributed by atoms with Crippen LogP contribution in [0.2, 0.25) is 0 Å². The molecular weight excluding hydrogens is 190 g/mol. The van der Waals surface area contributed by atoms with Crippen LogP contribution in [0.1, 0.15) is 19.3 Å². The minimum atomic E-state index is 0.355. The molecule has 0 saturated carbocycles. The van der Waals surface area contributed by atoms with E-state index in [9.17, 15) is 4.79 Å². The first kappa shape index (κ1) is 10.4. The Hall–Kier alpha value is -1.16. The highest BCUT2D eigenvalue weighted by Gasteiger charge is 2.18. The summed E-state index contributed by atoms with van der Waals surface area (Å²) in [5.74, 6) is 0.892. The number of hydrogen-bond donors (Lipinski definition) is 1. The normalized spacial score (nSPS) is 21.9. The Morgan fingerprint density at radius 1 is 1.60 bits per heavy atom. The van der Waals surface area contributed by atoms with Gasteiger partial charge in [0.05, 0.1) is 12.9 Å². The summed E-state index contributed by atoms with van der Waals surface area (Å²) in [4.78, 5) is 15.2. The van der Waals surface area contributed by atoms with E-state index < -0.39 is 0 Å². The first-order valence-electron chi connectivity index (χ1n) is 5.53. The van der Waals surface area contributed by atoms with E-state index in [0.29, 0.717) is 18.2 Å². The zero-order chi connectivity index (χ0) is 10.5. The molecule has 0 radical (unpaired) electrons. The SMILES string of the molecule is O=C1CNCC(CCCn2ccnc2)C1. The van der Waals surface area contributed by atoms with Crippen LogP contribution in [0.3, 0.4) is 0 Å². The monoisotopic (exact) mass is 207 g/mol. The molecule has 1 aliphatic rings. The van der Waals surface area contributed by atoms with Gasteiger partial charge in [0, 0.05) is 25.4 Å². The molecule has 4 nitrogen and oxygen atoms in total. The molecule has 0 amide bonds. The fraction of sp³-hybridized carbons (Fsp3) is 0.636. The van der Waals surface area contributed by atoms with Gasteiger partial charge >= 0.3 is 0 Å². The Labute approximate surface area is 89.7 Å². The van der Waals surface area contributed by atoms with Gasteiger partial charge in [-0.15, -0.1) is 0 Å². The number of Topliss-reactive ketones (excluding diaryl/α,β-unsaturated/α-hetero) is 1. The number of nitrogens with one attached hydrogen (secondary N) is 1. The van der Waals surface area contributed by atoms with Crippen molar-refractivity contribution in [1.29, 1.82) is 0 Å². The van der Waals surface area contributed by atoms with Gasteiger partial charge in [0.1, 0.15) is 5.78 Å². The number of aryl methyl sites for hydroxylation is 1. The molecular formula is C11H17N3O. The van der Waals surface area contributed by atoms with Crippen molar-refractivity contribution in [2.24, 2.45) is 5.92 Å². The summed E-state index contributed by atoms with van der Waals surface area (Å²) in [5, 5.41) is 3.16. The van der Waals surface area contributed by atoms with E-state index in [2.05, 4.69) is 14.9 Å². The van der Waals surface area contributed by atoms with Crippen molar-refractivity contribution in [2.75, 3.05) is 13.1 Å². The van der Waals surface area contributed by atoms with Gasteiger partial charge in [0.25, 0.3) is 0 Å². The van der Waals surface area contributed by atoms with Gasteiger partial charge in [-0.2, -0.15) is 0 Å². The Morgan fingerprint density at radius 2 is 2.53 bits per heavy atom. The van der Waals surface area contributed by atoms with Gasteiger partial charge in [-0.3, -0.25) is 4.79 Å². The average Bonchev–Trinajstić information content (AvgIpc) is 2.71. The van der Waals surface area contributed by atoms with Crippen LogP contribution in [-0.2, 0) is 11.3 Å². The van der Waals surface area contributed by atoms with Crippen molar-refractivity contribution < 1.29 is 4.79 Å². The molecule has 2 rings (SSSR count). The molecule has 1 aliphatic heterocycles. The molecule has 2 heterocycles. The number of nitrogens with zero attached hydrogens (tertiary/aromatic N) is 2. The molecule has 0 aromatic carbocycles. The lowest BCUT2D eigenvalue weighted by Gasteiger charge is -2.21. The van der Waals surface area contributed by atoms with Crippen LogP contribution < -0.4 is 5.32 Å². The molecule has 1 atom stereocenters. The van der Waals surface area contributed by atoms with Gasteiger partial charge in [-0.25, -0.2) is 4.98 Å². The second-order valence-corrected chi connectivity index (χ2v) is 4.18. The Kier molecular flexibility index (Phi) is 3.50. The summed E-state index contributed by atoms with van der Waals surface area (Å²) in [7, 11) is 0. The molecule has 4 heteroatoms. The van der Waals surface area contributed by atoms with Crippen LogP contribution in [0.4, 0.5) is 0 Å². The molecule has 82 valence electrons. The maximum absolute atomic E-state index is 11.2. The van der Waals surface area contributed by atoms with Crippen LogP contribution in [0, 0.1) is 5.92 Å². The Balaban J connectivity index is 1.67. The predicted molar refractivity (Wildman–Crippen MR) is 57.4 cm³/mol. The summed E-state index contributed by atoms with van der Waals surface area (Å²) < 4.78 is 2.08. The number of hydrogen-bond acceptors (Lipinski definition) is 3. The first-order valence-corrected chi connectivity index (χ1v) is 5.53. The molecule has 0 bridgehead atoms. The van der Waals surface area contributed by atoms with Crippen LogP contribution >= 0.6 is 0 Å². The van der Waals surface area contributed by atoms with Crippen molar-refractivity contribution in [2.45, 2.75) is 25.8 Å². The second-order valence-electron chi connectivity index (χ2n) is 4.18. The molecule has 1 N–H and O–H groups in total. The number of imidazole rings is 1. The van der Waals surface area contributed by atoms with E-state index in [1.807, 2.05) is 12.5 Å². The molecule has 1 aromatic heterocycles. The molecule has 1 fully saturated rings. The van der Waals surface area contributed by atoms with Crippen molar-refractivity contribution in [3.63, 3.8) is 0 Å². The number of ketones is 1. The van der Waals surface area contributed by atoms with Crippen LogP contribution in [0.5, 0.6) is 0 Å². The Bertz CT molecular complexity index is 308. The highest BCUT2D eigenvalue weighted by molar-refractivity contribution is 5.81. The zero-order valence-electron chi connectivity index (χ0n) is 8.85. The minimum absolute atomic E-state index is 0.355. The third-order valence-electron chi connectivity index (χ3n) is 2.86. The second kappa shape index (κ2) is 5.07. The third kappa shape index (κ3) is 3.16. The maximum Gasteiger partial charge on any atom is 0.146 e. The minimum Gasteiger partial charge on any atom is -0.337 e. The fourth-order valence-electron chi connectivity index (χ4n) is 2.07. The van der Waals surface area contributed by atoms with Crippen molar-refractivity contribution in [3.05, 3.63) is 18.7 Å². The van der Waals surface area contributed by atoms with E-state index in [1.165, 1.54) is 0 Å². The van der Waals surface area contributed by atoms with E-state index in [4.69, 9.17) is 0 Å². The predicted octanol–water partition coefficient (Wildman–Crippen LogP) is 0.842. The van der Waals surface area contributed by atoms with Gasteiger partial charge in [-0.05, 0) is 25.3 Å². The number of rotatable bonds is 4. The standard InChI is InChI=1S/C11H17N3O/c15-11-6-10(7-13-8-11)2-1-4-14-5-3-12-9-14/h3,5,9-10,13H,1-2,4,6-8H2. The third-order valence-corrected chi connectivity index (χ3v) is 2.86. The van der Waals surface area contributed by atoms with E-state index >= 15 is 0 Å². The lowest BCUT2D eigenvalue weighted by atomic mass is 9.94. The molecule has 0 spiro atoms. The van der Waals surface area contributed by atoms with Gasteiger partial charge in [-0.1, -0.05) is 0 Å². The molecule has 15 heavy (non-hydrogen) atoms. The number of carbonyl (C=O) groups is 1. The number of aromatic nitrogens is 2. The maximum atomic E-state index is 11.2. The molecule has 1 saturated heterocycles. The van der Waals surface area contributed by atoms with E-state index in [-0.39, 0.29) is 0 Å². The Morgan fingerprint density at radius 3 is 3.27 bits per heavy atom. The summed E-state index contributed by atoms with van der Waals surface area (Å²) in [6, 6.07) is 0. The lowest BCUT2D eigenvalue weighted by molar-refractivity contribution is -0.120. The van der Waals surface area contributed by atoms with Crippen molar-refractivity contribution in [1.82, 2.24) is 14.9 Å². The van der Waals surface area contributed by atoms with E-state index in [0.717, 1.165) is 32.4 Å². The highest BCUT2D eigenvalue weighted by Crippen LogP contribution is 2.14. The first-order chi connectivity index (χ1) is 7.34. The number of carbonyl (C=O) groups excluding carboxylic acids is 1. The fourth-order valence-corrected chi connectivity index (χ4v) is 2.07. The van der Waals surface area contributed by atoms with Crippen LogP contribution in [0.25, 0.3) is 0 Å². The molecule has 1 unspecified atom stereocenters. The quantitative estimate of drug-likeness (QED) is 0.796. The van der Waals surface area contributed by atoms with E-state index in [1.54, 1.807) is 6.20 Å². The molecule has 0 aliphatic carbocycles. The summed E-state index contributed by atoms with van der Waals surface area (Å²) in [6.07, 6.45) is 8.62. The largest absolute Gasteiger partial charge is 0.337 e. The van der Waals surface area contributed by atoms with Crippen LogP contribution in [-0.4, -0.2) is 28.4 Å². The van der Waals surface area contributed by atoms with Gasteiger partial charge in [0.2, 0.25) is 0 Å². The average molecular weight is 207 g/mol. The van der Waals surface area contributed by atoms with Crippen molar-refractivity contribution >= 4 is 5.78 Å².